The molecule has 0 N–H and O–H groups in total. The van der Waals surface area contributed by atoms with Gasteiger partial charge in [0.1, 0.15) is 11.6 Å². The summed E-state index contributed by atoms with van der Waals surface area (Å²) >= 11 is 1.63. The van der Waals surface area contributed by atoms with Crippen LogP contribution in [0.5, 0.6) is 0 Å². The number of hydrogen-bond donors (Lipinski definition) is 0. The minimum absolute atomic E-state index is 0.200. The van der Waals surface area contributed by atoms with E-state index in [0.717, 1.165) is 35.3 Å². The highest BCUT2D eigenvalue weighted by atomic mass is 32.2. The lowest BCUT2D eigenvalue weighted by Gasteiger charge is -2.05. The van der Waals surface area contributed by atoms with Crippen molar-refractivity contribution in [3.8, 4) is 0 Å². The topological polar surface area (TPSA) is 30.7 Å². The second-order valence-corrected chi connectivity index (χ2v) is 4.85. The molecular formula is C13H16FN3S. The molecule has 0 atom stereocenters. The Morgan fingerprint density at radius 3 is 2.50 bits per heavy atom. The van der Waals surface area contributed by atoms with Crippen molar-refractivity contribution in [2.24, 2.45) is 0 Å². The first-order valence-electron chi connectivity index (χ1n) is 6.04. The third kappa shape index (κ3) is 2.90. The van der Waals surface area contributed by atoms with Gasteiger partial charge in [-0.2, -0.15) is 0 Å². The summed E-state index contributed by atoms with van der Waals surface area (Å²) in [6.07, 6.45) is 0.887. The summed E-state index contributed by atoms with van der Waals surface area (Å²) in [6, 6.07) is 6.57. The van der Waals surface area contributed by atoms with Gasteiger partial charge in [-0.05, 0) is 24.6 Å². The highest BCUT2D eigenvalue weighted by molar-refractivity contribution is 7.98. The van der Waals surface area contributed by atoms with Crippen molar-refractivity contribution in [3.05, 3.63) is 41.5 Å². The second kappa shape index (κ2) is 6.00. The zero-order valence-corrected chi connectivity index (χ0v) is 11.4. The number of nitrogens with zero attached hydrogens (tertiary/aromatic N) is 3. The van der Waals surface area contributed by atoms with Gasteiger partial charge in [0, 0.05) is 18.7 Å². The molecule has 0 saturated heterocycles. The monoisotopic (exact) mass is 265 g/mol. The zero-order chi connectivity index (χ0) is 13.0. The molecule has 96 valence electrons. The fourth-order valence-corrected chi connectivity index (χ4v) is 2.71. The molecule has 1 heterocycles. The van der Waals surface area contributed by atoms with Crippen LogP contribution >= 0.6 is 11.8 Å². The number of benzene rings is 1. The van der Waals surface area contributed by atoms with Gasteiger partial charge in [0.2, 0.25) is 0 Å². The lowest BCUT2D eigenvalue weighted by molar-refractivity contribution is 0.627. The Hall–Kier alpha value is -1.36. The molecule has 0 radical (unpaired) electrons. The number of aryl methyl sites for hydroxylation is 1. The molecule has 1 aromatic heterocycles. The molecule has 2 rings (SSSR count). The van der Waals surface area contributed by atoms with E-state index in [0.29, 0.717) is 0 Å². The average molecular weight is 265 g/mol. The van der Waals surface area contributed by atoms with Crippen molar-refractivity contribution >= 4 is 11.8 Å². The van der Waals surface area contributed by atoms with Crippen molar-refractivity contribution in [2.45, 2.75) is 37.7 Å². The maximum atomic E-state index is 12.8. The molecular weight excluding hydrogens is 249 g/mol. The SMILES string of the molecule is CCc1nnc(SCc2ccc(F)cc2)n1CC. The van der Waals surface area contributed by atoms with E-state index in [1.54, 1.807) is 23.9 Å². The number of halogens is 1. The van der Waals surface area contributed by atoms with E-state index in [2.05, 4.69) is 28.6 Å². The normalized spacial score (nSPS) is 10.8. The first-order chi connectivity index (χ1) is 8.74. The fraction of sp³-hybridized carbons (Fsp3) is 0.385. The third-order valence-corrected chi connectivity index (χ3v) is 3.75. The first kappa shape index (κ1) is 13.1. The summed E-state index contributed by atoms with van der Waals surface area (Å²) in [5, 5.41) is 9.29. The predicted molar refractivity (Wildman–Crippen MR) is 71.0 cm³/mol. The average Bonchev–Trinajstić information content (AvgIpc) is 2.80. The maximum Gasteiger partial charge on any atom is 0.191 e. The lowest BCUT2D eigenvalue weighted by atomic mass is 10.2. The number of thioether (sulfide) groups is 1. The van der Waals surface area contributed by atoms with Gasteiger partial charge in [0.25, 0.3) is 0 Å². The van der Waals surface area contributed by atoms with Gasteiger partial charge in [0.15, 0.2) is 5.16 Å². The van der Waals surface area contributed by atoms with Crippen LogP contribution < -0.4 is 0 Å². The Morgan fingerprint density at radius 2 is 1.89 bits per heavy atom. The molecule has 0 amide bonds. The molecule has 3 nitrogen and oxygen atoms in total. The molecule has 0 unspecified atom stereocenters. The number of rotatable bonds is 5. The summed E-state index contributed by atoms with van der Waals surface area (Å²) in [4.78, 5) is 0. The molecule has 0 bridgehead atoms. The fourth-order valence-electron chi connectivity index (χ4n) is 1.73. The maximum absolute atomic E-state index is 12.8. The van der Waals surface area contributed by atoms with Crippen LogP contribution in [-0.4, -0.2) is 14.8 Å². The van der Waals surface area contributed by atoms with E-state index < -0.39 is 0 Å². The van der Waals surface area contributed by atoms with Crippen LogP contribution in [0.2, 0.25) is 0 Å². The predicted octanol–water partition coefficient (Wildman–Crippen LogP) is 3.29. The van der Waals surface area contributed by atoms with Crippen LogP contribution in [0.4, 0.5) is 4.39 Å². The summed E-state index contributed by atoms with van der Waals surface area (Å²) < 4.78 is 14.9. The Bertz CT molecular complexity index is 507. The Kier molecular flexibility index (Phi) is 4.36. The molecule has 18 heavy (non-hydrogen) atoms. The largest absolute Gasteiger partial charge is 0.306 e. The van der Waals surface area contributed by atoms with Crippen molar-refractivity contribution in [2.75, 3.05) is 0 Å². The quantitative estimate of drug-likeness (QED) is 0.777. The van der Waals surface area contributed by atoms with Gasteiger partial charge in [-0.25, -0.2) is 4.39 Å². The summed E-state index contributed by atoms with van der Waals surface area (Å²) in [5.41, 5.74) is 1.09. The molecule has 0 aliphatic carbocycles. The summed E-state index contributed by atoms with van der Waals surface area (Å²) in [5.74, 6) is 1.59. The van der Waals surface area contributed by atoms with E-state index in [-0.39, 0.29) is 5.82 Å². The molecule has 0 spiro atoms. The minimum Gasteiger partial charge on any atom is -0.306 e. The minimum atomic E-state index is -0.200. The molecule has 0 aliphatic heterocycles. The van der Waals surface area contributed by atoms with Crippen molar-refractivity contribution in [3.63, 3.8) is 0 Å². The number of aromatic nitrogens is 3. The molecule has 5 heteroatoms. The summed E-state index contributed by atoms with van der Waals surface area (Å²) in [7, 11) is 0. The van der Waals surface area contributed by atoms with Crippen LogP contribution in [0.3, 0.4) is 0 Å². The standard InChI is InChI=1S/C13H16FN3S/c1-3-12-15-16-13(17(12)4-2)18-9-10-5-7-11(14)8-6-10/h5-8H,3-4,9H2,1-2H3. The van der Waals surface area contributed by atoms with E-state index >= 15 is 0 Å². The van der Waals surface area contributed by atoms with E-state index in [1.165, 1.54) is 12.1 Å². The molecule has 0 aliphatic rings. The van der Waals surface area contributed by atoms with Crippen LogP contribution in [0, 0.1) is 5.82 Å². The van der Waals surface area contributed by atoms with E-state index in [4.69, 9.17) is 0 Å². The zero-order valence-electron chi connectivity index (χ0n) is 10.6. The Morgan fingerprint density at radius 1 is 1.17 bits per heavy atom. The van der Waals surface area contributed by atoms with Crippen LogP contribution in [0.15, 0.2) is 29.4 Å². The van der Waals surface area contributed by atoms with E-state index in [9.17, 15) is 4.39 Å². The Balaban J connectivity index is 2.06. The van der Waals surface area contributed by atoms with E-state index in [1.807, 2.05) is 0 Å². The van der Waals surface area contributed by atoms with Crippen molar-refractivity contribution in [1.82, 2.24) is 14.8 Å². The third-order valence-electron chi connectivity index (χ3n) is 2.71. The van der Waals surface area contributed by atoms with Crippen LogP contribution in [0.1, 0.15) is 25.2 Å². The molecule has 0 fully saturated rings. The molecule has 1 aromatic carbocycles. The van der Waals surface area contributed by atoms with Crippen LogP contribution in [-0.2, 0) is 18.7 Å². The van der Waals surface area contributed by atoms with Gasteiger partial charge in [-0.15, -0.1) is 10.2 Å². The van der Waals surface area contributed by atoms with Gasteiger partial charge < -0.3 is 4.57 Å². The smallest absolute Gasteiger partial charge is 0.191 e. The molecule has 2 aromatic rings. The highest BCUT2D eigenvalue weighted by Crippen LogP contribution is 2.22. The first-order valence-corrected chi connectivity index (χ1v) is 7.02. The highest BCUT2D eigenvalue weighted by Gasteiger charge is 2.09. The van der Waals surface area contributed by atoms with Gasteiger partial charge >= 0.3 is 0 Å². The Labute approximate surface area is 110 Å². The summed E-state index contributed by atoms with van der Waals surface area (Å²) in [6.45, 7) is 5.04. The van der Waals surface area contributed by atoms with Gasteiger partial charge in [0.05, 0.1) is 0 Å². The van der Waals surface area contributed by atoms with Gasteiger partial charge in [-0.1, -0.05) is 30.8 Å². The second-order valence-electron chi connectivity index (χ2n) is 3.91. The van der Waals surface area contributed by atoms with Crippen molar-refractivity contribution in [1.29, 1.82) is 0 Å². The lowest BCUT2D eigenvalue weighted by Crippen LogP contribution is -2.01. The van der Waals surface area contributed by atoms with Crippen LogP contribution in [0.25, 0.3) is 0 Å². The molecule has 0 saturated carbocycles. The van der Waals surface area contributed by atoms with Crippen molar-refractivity contribution < 1.29 is 4.39 Å². The number of hydrogen-bond acceptors (Lipinski definition) is 3. The van der Waals surface area contributed by atoms with Gasteiger partial charge in [-0.3, -0.25) is 0 Å².